The van der Waals surface area contributed by atoms with Gasteiger partial charge in [0.2, 0.25) is 5.91 Å². The third-order valence-corrected chi connectivity index (χ3v) is 18.7. The van der Waals surface area contributed by atoms with Crippen LogP contribution in [0.15, 0.2) is 78.2 Å². The molecule has 21 heteroatoms. The molecule has 2 amide bonds. The number of nitrogens with zero attached hydrogens (tertiary/aromatic N) is 11. The molecule has 0 aliphatic carbocycles. The maximum Gasteiger partial charge on any atom is 0.255 e. The maximum absolute atomic E-state index is 14.4. The third-order valence-electron chi connectivity index (χ3n) is 16.2. The molecule has 3 fully saturated rings. The number of carbonyl (C=O) groups excluding carboxylic acids is 2. The van der Waals surface area contributed by atoms with E-state index in [4.69, 9.17) is 14.7 Å². The zero-order chi connectivity index (χ0) is 56.0. The molecular weight excluding hydrogens is 1020 g/mol. The number of amides is 2. The van der Waals surface area contributed by atoms with Gasteiger partial charge in [0.1, 0.15) is 41.0 Å². The number of hydrogen-bond acceptors (Lipinski definition) is 16. The molecule has 0 unspecified atom stereocenters. The number of carbonyl (C=O) groups is 2. The second kappa shape index (κ2) is 22.5. The number of aromatic amines is 1. The van der Waals surface area contributed by atoms with Crippen molar-refractivity contribution in [2.24, 2.45) is 0 Å². The summed E-state index contributed by atoms with van der Waals surface area (Å²) in [5.41, 5.74) is 6.38. The maximum atomic E-state index is 14.4. The summed E-state index contributed by atoms with van der Waals surface area (Å²) in [4.78, 5) is 60.1. The van der Waals surface area contributed by atoms with Crippen molar-refractivity contribution in [1.29, 1.82) is 0 Å². The second-order valence-electron chi connectivity index (χ2n) is 23.5. The SMILES string of the molecule is Cc1[nH]nc(Nc2ncnc3cc(OCCN4CCN(c5ccc(C(=O)N6CCN(C[C@H]7CN[C@H](C)CN7CC(=O)N7CC(C)(C)c8ncc(Cc9ccc(F)cc9)cc87)[C@H](C)C6)cn5)CC4)c(S(=O)(=O)C(C)(C)C)cc23)c1C. The number of ether oxygens (including phenoxy) is 1. The first kappa shape index (κ1) is 55.7. The molecule has 0 saturated carbocycles. The Hall–Kier alpha value is -6.65. The molecule has 4 aliphatic heterocycles. The van der Waals surface area contributed by atoms with E-state index in [1.807, 2.05) is 42.0 Å². The number of piperazine rings is 3. The standard InChI is InChI=1S/C58H75FN14O5S/c1-37-31-72(34-52(74)73-35-58(8,9)53-48(73)25-42(28-62-53)24-41-10-13-44(59)14-11-41)45(30-60-37)33-70-20-21-71(32-38(70)2)56(75)43-12-15-51(61-29-43)69-18-16-68(17-19-69)22-23-78-49-27-47-46(26-50(49)79(76,77)57(5,6)7)55(64-36-63-47)65-54-39(3)40(4)66-67-54/h10-15,25-29,36-38,45,60H,16-24,30-35H2,1-9H3,(H2,63,64,65,66,67)/t37-,38-,45-/m1/s1. The van der Waals surface area contributed by atoms with Crippen LogP contribution in [0.5, 0.6) is 5.75 Å². The summed E-state index contributed by atoms with van der Waals surface area (Å²) in [5.74, 6) is 1.86. The van der Waals surface area contributed by atoms with Crippen LogP contribution in [0.2, 0.25) is 0 Å². The molecule has 0 bridgehead atoms. The van der Waals surface area contributed by atoms with E-state index in [1.165, 1.54) is 18.5 Å². The summed E-state index contributed by atoms with van der Waals surface area (Å²) in [6.07, 6.45) is 5.61. The van der Waals surface area contributed by atoms with Crippen molar-refractivity contribution >= 4 is 55.7 Å². The summed E-state index contributed by atoms with van der Waals surface area (Å²) in [7, 11) is -3.84. The number of anilines is 4. The van der Waals surface area contributed by atoms with Crippen LogP contribution < -0.4 is 25.2 Å². The molecule has 2 aromatic carbocycles. The van der Waals surface area contributed by atoms with E-state index >= 15 is 0 Å². The van der Waals surface area contributed by atoms with E-state index in [2.05, 4.69) is 84.2 Å². The van der Waals surface area contributed by atoms with E-state index < -0.39 is 14.6 Å². The minimum absolute atomic E-state index is 0.0338. The van der Waals surface area contributed by atoms with Crippen LogP contribution in [0.1, 0.15) is 86.9 Å². The molecule has 8 heterocycles. The fourth-order valence-corrected chi connectivity index (χ4v) is 12.5. The van der Waals surface area contributed by atoms with Gasteiger partial charge in [0.25, 0.3) is 5.91 Å². The first-order chi connectivity index (χ1) is 37.6. The number of aromatic nitrogens is 6. The number of hydrogen-bond donors (Lipinski definition) is 3. The Morgan fingerprint density at radius 2 is 1.65 bits per heavy atom. The van der Waals surface area contributed by atoms with Crippen LogP contribution in [0, 0.1) is 19.7 Å². The van der Waals surface area contributed by atoms with Crippen molar-refractivity contribution in [2.75, 3.05) is 107 Å². The number of sulfone groups is 1. The lowest BCUT2D eigenvalue weighted by atomic mass is 9.91. The zero-order valence-corrected chi connectivity index (χ0v) is 47.8. The van der Waals surface area contributed by atoms with Gasteiger partial charge in [-0.15, -0.1) is 0 Å². The Bertz CT molecular complexity index is 3310. The Morgan fingerprint density at radius 3 is 2.34 bits per heavy atom. The predicted molar refractivity (Wildman–Crippen MR) is 305 cm³/mol. The van der Waals surface area contributed by atoms with E-state index in [0.717, 1.165) is 91.9 Å². The number of nitrogens with one attached hydrogen (secondary N) is 3. The van der Waals surface area contributed by atoms with Crippen molar-refractivity contribution < 1.29 is 27.1 Å². The van der Waals surface area contributed by atoms with Crippen molar-refractivity contribution in [3.63, 3.8) is 0 Å². The topological polar surface area (TPSA) is 201 Å². The van der Waals surface area contributed by atoms with Gasteiger partial charge in [-0.05, 0) is 102 Å². The number of pyridine rings is 2. The molecule has 6 aromatic rings. The highest BCUT2D eigenvalue weighted by atomic mass is 32.2. The number of halogens is 1. The quantitative estimate of drug-likeness (QED) is 0.106. The number of benzene rings is 2. The summed E-state index contributed by atoms with van der Waals surface area (Å²) in [5, 5.41) is 14.7. The molecule has 4 aromatic heterocycles. The summed E-state index contributed by atoms with van der Waals surface area (Å²) in [6, 6.07) is 16.1. The molecule has 420 valence electrons. The van der Waals surface area contributed by atoms with E-state index in [9.17, 15) is 22.4 Å². The van der Waals surface area contributed by atoms with Crippen LogP contribution in [-0.4, -0.2) is 185 Å². The van der Waals surface area contributed by atoms with Gasteiger partial charge >= 0.3 is 0 Å². The Balaban J connectivity index is 0.707. The number of aryl methyl sites for hydroxylation is 1. The normalized spacial score (nSPS) is 20.4. The molecule has 4 aliphatic rings. The fourth-order valence-electron chi connectivity index (χ4n) is 11.2. The lowest BCUT2D eigenvalue weighted by molar-refractivity contribution is -0.121. The highest BCUT2D eigenvalue weighted by Gasteiger charge is 2.42. The van der Waals surface area contributed by atoms with E-state index in [-0.39, 0.29) is 58.4 Å². The van der Waals surface area contributed by atoms with Crippen LogP contribution in [0.25, 0.3) is 10.9 Å². The highest BCUT2D eigenvalue weighted by Crippen LogP contribution is 2.41. The number of fused-ring (bicyclic) bond motifs is 2. The summed E-state index contributed by atoms with van der Waals surface area (Å²) < 4.78 is 46.9. The molecule has 3 atom stereocenters. The number of H-pyrrole nitrogens is 1. The Labute approximate surface area is 463 Å². The van der Waals surface area contributed by atoms with Crippen molar-refractivity contribution in [3.8, 4) is 5.75 Å². The number of rotatable bonds is 15. The average Bonchev–Trinajstić information content (AvgIpc) is 4.16. The summed E-state index contributed by atoms with van der Waals surface area (Å²) >= 11 is 0. The second-order valence-corrected chi connectivity index (χ2v) is 26.2. The lowest BCUT2D eigenvalue weighted by Crippen LogP contribution is -2.63. The monoisotopic (exact) mass is 1100 g/mol. The molecular formula is C58H75FN14O5S. The van der Waals surface area contributed by atoms with Gasteiger partial charge in [-0.25, -0.2) is 27.8 Å². The predicted octanol–water partition coefficient (Wildman–Crippen LogP) is 6.14. The molecule has 19 nitrogen and oxygen atoms in total. The molecule has 3 N–H and O–H groups in total. The lowest BCUT2D eigenvalue weighted by Gasteiger charge is -2.45. The zero-order valence-electron chi connectivity index (χ0n) is 47.0. The first-order valence-electron chi connectivity index (χ1n) is 27.5. The highest BCUT2D eigenvalue weighted by molar-refractivity contribution is 7.92. The van der Waals surface area contributed by atoms with Crippen LogP contribution in [-0.2, 0) is 26.5 Å². The van der Waals surface area contributed by atoms with Gasteiger partial charge in [0, 0.05) is 137 Å². The van der Waals surface area contributed by atoms with E-state index in [0.29, 0.717) is 67.2 Å². The van der Waals surface area contributed by atoms with Gasteiger partial charge in [-0.2, -0.15) is 5.10 Å². The van der Waals surface area contributed by atoms with Crippen molar-refractivity contribution in [2.45, 2.75) is 102 Å². The Morgan fingerprint density at radius 1 is 0.873 bits per heavy atom. The van der Waals surface area contributed by atoms with Gasteiger partial charge in [0.15, 0.2) is 15.7 Å². The average molecular weight is 1100 g/mol. The largest absolute Gasteiger partial charge is 0.491 e. The van der Waals surface area contributed by atoms with Gasteiger partial charge < -0.3 is 30.1 Å². The molecule has 0 spiro atoms. The van der Waals surface area contributed by atoms with Gasteiger partial charge in [-0.3, -0.25) is 34.4 Å². The molecule has 3 saturated heterocycles. The molecule has 0 radical (unpaired) electrons. The smallest absolute Gasteiger partial charge is 0.255 e. The molecule has 79 heavy (non-hydrogen) atoms. The van der Waals surface area contributed by atoms with Gasteiger partial charge in [0.05, 0.1) is 33.8 Å². The fraction of sp³-hybridized carbons (Fsp3) is 0.500. The van der Waals surface area contributed by atoms with Gasteiger partial charge in [-0.1, -0.05) is 26.0 Å². The Kier molecular flexibility index (Phi) is 15.8. The minimum Gasteiger partial charge on any atom is -0.491 e. The van der Waals surface area contributed by atoms with E-state index in [1.54, 1.807) is 51.2 Å². The van der Waals surface area contributed by atoms with Crippen molar-refractivity contribution in [1.82, 2.24) is 55.0 Å². The summed E-state index contributed by atoms with van der Waals surface area (Å²) in [6.45, 7) is 26.3. The van der Waals surface area contributed by atoms with Crippen LogP contribution in [0.4, 0.5) is 27.5 Å². The van der Waals surface area contributed by atoms with Crippen LogP contribution in [0.3, 0.4) is 0 Å². The molecule has 10 rings (SSSR count). The first-order valence-corrected chi connectivity index (χ1v) is 29.0. The van der Waals surface area contributed by atoms with Crippen molar-refractivity contribution in [3.05, 3.63) is 113 Å². The van der Waals surface area contributed by atoms with Crippen LogP contribution >= 0.6 is 0 Å². The minimum atomic E-state index is -3.84. The third kappa shape index (κ3) is 12.0.